The summed E-state index contributed by atoms with van der Waals surface area (Å²) in [5, 5.41) is 0. The molecule has 3 rings (SSSR count). The zero-order valence-electron chi connectivity index (χ0n) is 13.0. The first-order valence-corrected chi connectivity index (χ1v) is 7.71. The van der Waals surface area contributed by atoms with Crippen LogP contribution in [0.15, 0.2) is 60.7 Å². The summed E-state index contributed by atoms with van der Waals surface area (Å²) < 4.78 is 5.74. The average molecular weight is 309 g/mol. The Labute approximate surface area is 135 Å². The van der Waals surface area contributed by atoms with Crippen molar-refractivity contribution in [2.24, 2.45) is 5.92 Å². The highest BCUT2D eigenvalue weighted by Gasteiger charge is 2.45. The first-order valence-electron chi connectivity index (χ1n) is 7.71. The molecule has 2 aromatic carbocycles. The van der Waals surface area contributed by atoms with Gasteiger partial charge in [-0.25, -0.2) is 0 Å². The van der Waals surface area contributed by atoms with E-state index in [1.54, 1.807) is 6.92 Å². The smallest absolute Gasteiger partial charge is 0.259 e. The Bertz CT molecular complexity index is 684. The van der Waals surface area contributed by atoms with Crippen LogP contribution in [0.4, 0.5) is 0 Å². The van der Waals surface area contributed by atoms with E-state index in [9.17, 15) is 9.59 Å². The van der Waals surface area contributed by atoms with E-state index in [4.69, 9.17) is 4.74 Å². The van der Waals surface area contributed by atoms with Gasteiger partial charge in [0.2, 0.25) is 5.91 Å². The molecule has 0 saturated carbocycles. The molecular formula is C19H19NO3. The zero-order chi connectivity index (χ0) is 16.2. The van der Waals surface area contributed by atoms with Crippen molar-refractivity contribution in [1.82, 2.24) is 4.90 Å². The molecule has 0 unspecified atom stereocenters. The lowest BCUT2D eigenvalue weighted by atomic mass is 10.1. The molecule has 0 radical (unpaired) electrons. The van der Waals surface area contributed by atoms with Crippen LogP contribution >= 0.6 is 0 Å². The van der Waals surface area contributed by atoms with Crippen molar-refractivity contribution in [3.05, 3.63) is 71.8 Å². The number of carbonyl (C=O) groups excluding carboxylic acids is 2. The van der Waals surface area contributed by atoms with Crippen LogP contribution in [0.3, 0.4) is 0 Å². The first-order chi connectivity index (χ1) is 11.2. The molecule has 1 aliphatic rings. The fourth-order valence-corrected chi connectivity index (χ4v) is 2.75. The number of nitrogens with zero attached hydrogens (tertiary/aromatic N) is 1. The van der Waals surface area contributed by atoms with E-state index in [-0.39, 0.29) is 11.8 Å². The van der Waals surface area contributed by atoms with Crippen LogP contribution in [0.25, 0.3) is 0 Å². The van der Waals surface area contributed by atoms with Crippen LogP contribution in [-0.4, -0.2) is 22.8 Å². The molecule has 118 valence electrons. The summed E-state index contributed by atoms with van der Waals surface area (Å²) in [6.45, 7) is 2.38. The number of benzene rings is 2. The zero-order valence-corrected chi connectivity index (χ0v) is 13.0. The Morgan fingerprint density at radius 2 is 1.43 bits per heavy atom. The second-order valence-corrected chi connectivity index (χ2v) is 5.75. The first kappa shape index (κ1) is 15.4. The van der Waals surface area contributed by atoms with Crippen LogP contribution in [0.2, 0.25) is 0 Å². The van der Waals surface area contributed by atoms with Gasteiger partial charge in [0.25, 0.3) is 5.91 Å². The molecule has 1 aliphatic heterocycles. The van der Waals surface area contributed by atoms with Gasteiger partial charge in [-0.3, -0.25) is 14.5 Å². The van der Waals surface area contributed by atoms with Gasteiger partial charge in [-0.15, -0.1) is 0 Å². The predicted molar refractivity (Wildman–Crippen MR) is 86.2 cm³/mol. The third kappa shape index (κ3) is 3.32. The Hall–Kier alpha value is -2.46. The maximum absolute atomic E-state index is 12.5. The molecule has 1 heterocycles. The molecule has 2 aromatic rings. The second-order valence-electron chi connectivity index (χ2n) is 5.75. The van der Waals surface area contributed by atoms with Crippen molar-refractivity contribution < 1.29 is 14.3 Å². The van der Waals surface area contributed by atoms with Crippen molar-refractivity contribution >= 4 is 11.8 Å². The van der Waals surface area contributed by atoms with Gasteiger partial charge < -0.3 is 4.74 Å². The van der Waals surface area contributed by atoms with E-state index in [2.05, 4.69) is 0 Å². The van der Waals surface area contributed by atoms with Crippen LogP contribution in [0.5, 0.6) is 0 Å². The van der Waals surface area contributed by atoms with E-state index < -0.39 is 12.0 Å². The van der Waals surface area contributed by atoms with Crippen molar-refractivity contribution in [2.75, 3.05) is 0 Å². The number of hydrogen-bond acceptors (Lipinski definition) is 3. The van der Waals surface area contributed by atoms with Gasteiger partial charge in [-0.05, 0) is 11.1 Å². The van der Waals surface area contributed by atoms with Gasteiger partial charge in [0.15, 0.2) is 0 Å². The molecule has 0 bridgehead atoms. The van der Waals surface area contributed by atoms with Gasteiger partial charge >= 0.3 is 0 Å². The third-order valence-electron chi connectivity index (χ3n) is 4.08. The lowest BCUT2D eigenvalue weighted by Crippen LogP contribution is -2.32. The summed E-state index contributed by atoms with van der Waals surface area (Å²) >= 11 is 0. The average Bonchev–Trinajstić information content (AvgIpc) is 2.79. The summed E-state index contributed by atoms with van der Waals surface area (Å²) in [6, 6.07) is 19.2. The molecule has 0 spiro atoms. The van der Waals surface area contributed by atoms with Gasteiger partial charge in [-0.2, -0.15) is 0 Å². The van der Waals surface area contributed by atoms with E-state index in [1.807, 2.05) is 60.7 Å². The number of imide groups is 1. The Kier molecular flexibility index (Phi) is 4.53. The van der Waals surface area contributed by atoms with Crippen LogP contribution < -0.4 is 0 Å². The number of ether oxygens (including phenoxy) is 1. The van der Waals surface area contributed by atoms with E-state index in [1.165, 1.54) is 4.90 Å². The normalized spacial score (nSPS) is 21.0. The largest absolute Gasteiger partial charge is 0.363 e. The monoisotopic (exact) mass is 309 g/mol. The Morgan fingerprint density at radius 3 is 2.04 bits per heavy atom. The molecule has 2 atom stereocenters. The molecule has 4 heteroatoms. The summed E-state index contributed by atoms with van der Waals surface area (Å²) in [5.41, 5.74) is 1.92. The lowest BCUT2D eigenvalue weighted by molar-refractivity contribution is -0.143. The van der Waals surface area contributed by atoms with E-state index >= 15 is 0 Å². The minimum absolute atomic E-state index is 0.170. The van der Waals surface area contributed by atoms with Crippen molar-refractivity contribution in [2.45, 2.75) is 26.2 Å². The van der Waals surface area contributed by atoms with Crippen LogP contribution in [0, 0.1) is 5.92 Å². The molecular weight excluding hydrogens is 290 g/mol. The fraction of sp³-hybridized carbons (Fsp3) is 0.263. The molecule has 0 aromatic heterocycles. The van der Waals surface area contributed by atoms with E-state index in [0.717, 1.165) is 11.1 Å². The van der Waals surface area contributed by atoms with Crippen LogP contribution in [0.1, 0.15) is 18.1 Å². The molecule has 23 heavy (non-hydrogen) atoms. The Morgan fingerprint density at radius 1 is 0.870 bits per heavy atom. The number of rotatable bonds is 5. The molecule has 4 nitrogen and oxygen atoms in total. The molecule has 2 amide bonds. The van der Waals surface area contributed by atoms with Crippen LogP contribution in [-0.2, 0) is 27.5 Å². The second kappa shape index (κ2) is 6.75. The third-order valence-corrected chi connectivity index (χ3v) is 4.08. The highest BCUT2D eigenvalue weighted by molar-refractivity contribution is 6.06. The number of hydrogen-bond donors (Lipinski definition) is 0. The SMILES string of the molecule is C[C@H]1C(=O)N(Cc2ccccc2)C(=O)[C@H]1OCc1ccccc1. The number of amides is 2. The standard InChI is InChI=1S/C19H19NO3/c1-14-17(23-13-16-10-6-3-7-11-16)19(22)20(18(14)21)12-15-8-4-2-5-9-15/h2-11,14,17H,12-13H2,1H3/t14-,17+/m1/s1. The van der Waals surface area contributed by atoms with E-state index in [0.29, 0.717) is 13.2 Å². The highest BCUT2D eigenvalue weighted by Crippen LogP contribution is 2.25. The highest BCUT2D eigenvalue weighted by atomic mass is 16.5. The quantitative estimate of drug-likeness (QED) is 0.798. The summed E-state index contributed by atoms with van der Waals surface area (Å²) in [4.78, 5) is 26.2. The topological polar surface area (TPSA) is 46.6 Å². The lowest BCUT2D eigenvalue weighted by Gasteiger charge is -2.15. The van der Waals surface area contributed by atoms with Gasteiger partial charge in [0.05, 0.1) is 19.1 Å². The van der Waals surface area contributed by atoms with Crippen molar-refractivity contribution in [3.63, 3.8) is 0 Å². The van der Waals surface area contributed by atoms with Gasteiger partial charge in [0, 0.05) is 0 Å². The van der Waals surface area contributed by atoms with Crippen molar-refractivity contribution in [1.29, 1.82) is 0 Å². The minimum atomic E-state index is -0.702. The molecule has 1 saturated heterocycles. The van der Waals surface area contributed by atoms with Crippen molar-refractivity contribution in [3.8, 4) is 0 Å². The minimum Gasteiger partial charge on any atom is -0.363 e. The molecule has 1 fully saturated rings. The molecule has 0 N–H and O–H groups in total. The van der Waals surface area contributed by atoms with Gasteiger partial charge in [0.1, 0.15) is 6.10 Å². The molecule has 0 aliphatic carbocycles. The Balaban J connectivity index is 1.68. The van der Waals surface area contributed by atoms with Gasteiger partial charge in [-0.1, -0.05) is 67.6 Å². The predicted octanol–water partition coefficient (Wildman–Crippen LogP) is 2.78. The maximum atomic E-state index is 12.5. The summed E-state index contributed by atoms with van der Waals surface area (Å²) in [6.07, 6.45) is -0.702. The fourth-order valence-electron chi connectivity index (χ4n) is 2.75. The summed E-state index contributed by atoms with van der Waals surface area (Å²) in [5.74, 6) is -0.867. The number of carbonyl (C=O) groups is 2. The summed E-state index contributed by atoms with van der Waals surface area (Å²) in [7, 11) is 0. The maximum Gasteiger partial charge on any atom is 0.259 e. The number of likely N-dealkylation sites (tertiary alicyclic amines) is 1.